The second-order valence-corrected chi connectivity index (χ2v) is 7.41. The minimum absolute atomic E-state index is 0.00482. The molecular weight excluding hydrogens is 416 g/mol. The van der Waals surface area contributed by atoms with Gasteiger partial charge in [0, 0.05) is 9.37 Å². The fourth-order valence-electron chi connectivity index (χ4n) is 1.78. The number of thioether (sulfide) groups is 1. The Balaban J connectivity index is 2.16. The molecule has 2 aromatic rings. The Morgan fingerprint density at radius 1 is 1.19 bits per heavy atom. The van der Waals surface area contributed by atoms with Gasteiger partial charge in [-0.05, 0) is 53.5 Å². The number of aromatic hydroxyl groups is 1. The molecule has 0 spiro atoms. The first-order valence-corrected chi connectivity index (χ1v) is 8.87. The van der Waals surface area contributed by atoms with Gasteiger partial charge in [-0.15, -0.1) is 11.8 Å². The third kappa shape index (κ3) is 3.90. The highest BCUT2D eigenvalue weighted by atomic mass is 79.9. The zero-order valence-electron chi connectivity index (χ0n) is 11.6. The molecule has 21 heavy (non-hydrogen) atoms. The Kier molecular flexibility index (Phi) is 5.52. The maximum Gasteiger partial charge on any atom is 0.176 e. The van der Waals surface area contributed by atoms with E-state index in [0.29, 0.717) is 15.8 Å². The Morgan fingerprint density at radius 2 is 1.81 bits per heavy atom. The number of rotatable bonds is 4. The molecule has 2 rings (SSSR count). The molecule has 0 amide bonds. The minimum atomic E-state index is -0.0977. The molecule has 0 aliphatic rings. The predicted octanol–water partition coefficient (Wildman–Crippen LogP) is 5.51. The number of benzene rings is 2. The SMILES string of the molecule is Cc1ccc(SCC(=O)c2cc(Br)c(C)c(Br)c2O)cc1. The second kappa shape index (κ2) is 6.99. The Morgan fingerprint density at radius 3 is 2.43 bits per heavy atom. The van der Waals surface area contributed by atoms with Gasteiger partial charge < -0.3 is 5.11 Å². The van der Waals surface area contributed by atoms with E-state index < -0.39 is 0 Å². The van der Waals surface area contributed by atoms with Crippen LogP contribution in [0.15, 0.2) is 44.2 Å². The molecule has 1 N–H and O–H groups in total. The zero-order chi connectivity index (χ0) is 15.6. The quantitative estimate of drug-likeness (QED) is 0.514. The van der Waals surface area contributed by atoms with Crippen LogP contribution < -0.4 is 0 Å². The summed E-state index contributed by atoms with van der Waals surface area (Å²) in [5, 5.41) is 10.1. The summed E-state index contributed by atoms with van der Waals surface area (Å²) < 4.78 is 1.36. The molecule has 0 aliphatic heterocycles. The van der Waals surface area contributed by atoms with Crippen LogP contribution in [-0.4, -0.2) is 16.6 Å². The monoisotopic (exact) mass is 428 g/mol. The molecule has 0 unspecified atom stereocenters. The van der Waals surface area contributed by atoms with E-state index in [9.17, 15) is 9.90 Å². The second-order valence-electron chi connectivity index (χ2n) is 4.72. The minimum Gasteiger partial charge on any atom is -0.506 e. The highest BCUT2D eigenvalue weighted by molar-refractivity contribution is 9.11. The molecule has 0 radical (unpaired) electrons. The molecular formula is C16H14Br2O2S. The van der Waals surface area contributed by atoms with Crippen LogP contribution in [0.3, 0.4) is 0 Å². The average Bonchev–Trinajstić information content (AvgIpc) is 2.48. The molecule has 2 nitrogen and oxygen atoms in total. The van der Waals surface area contributed by atoms with E-state index in [4.69, 9.17) is 0 Å². The van der Waals surface area contributed by atoms with Gasteiger partial charge in [0.2, 0.25) is 0 Å². The lowest BCUT2D eigenvalue weighted by Gasteiger charge is -2.10. The molecule has 110 valence electrons. The lowest BCUT2D eigenvalue weighted by Crippen LogP contribution is -2.04. The van der Waals surface area contributed by atoms with Crippen molar-refractivity contribution in [3.8, 4) is 5.75 Å². The van der Waals surface area contributed by atoms with Gasteiger partial charge in [-0.1, -0.05) is 33.6 Å². The molecule has 5 heteroatoms. The first-order chi connectivity index (χ1) is 9.90. The molecule has 2 aromatic carbocycles. The smallest absolute Gasteiger partial charge is 0.176 e. The van der Waals surface area contributed by atoms with Gasteiger partial charge in [0.1, 0.15) is 5.75 Å². The van der Waals surface area contributed by atoms with Gasteiger partial charge in [0.15, 0.2) is 5.78 Å². The van der Waals surface area contributed by atoms with Crippen LogP contribution in [0.2, 0.25) is 0 Å². The Bertz CT molecular complexity index is 682. The highest BCUT2D eigenvalue weighted by Gasteiger charge is 2.17. The standard InChI is InChI=1S/C16H14Br2O2S/c1-9-3-5-11(6-4-9)21-8-14(19)12-7-13(17)10(2)15(18)16(12)20/h3-7,20H,8H2,1-2H3. The maximum absolute atomic E-state index is 12.3. The fraction of sp³-hybridized carbons (Fsp3) is 0.188. The molecule has 0 atom stereocenters. The van der Waals surface area contributed by atoms with E-state index in [2.05, 4.69) is 31.9 Å². The number of aryl methyl sites for hydroxylation is 1. The molecule has 0 saturated heterocycles. The van der Waals surface area contributed by atoms with Crippen LogP contribution in [-0.2, 0) is 0 Å². The van der Waals surface area contributed by atoms with Crippen molar-refractivity contribution in [2.24, 2.45) is 0 Å². The van der Waals surface area contributed by atoms with Crippen molar-refractivity contribution in [2.75, 3.05) is 5.75 Å². The van der Waals surface area contributed by atoms with E-state index >= 15 is 0 Å². The van der Waals surface area contributed by atoms with Crippen LogP contribution in [0.1, 0.15) is 21.5 Å². The van der Waals surface area contributed by atoms with Crippen LogP contribution in [0.25, 0.3) is 0 Å². The van der Waals surface area contributed by atoms with Crippen LogP contribution in [0.5, 0.6) is 5.75 Å². The van der Waals surface area contributed by atoms with Gasteiger partial charge in [0.25, 0.3) is 0 Å². The summed E-state index contributed by atoms with van der Waals surface area (Å²) in [4.78, 5) is 13.3. The number of halogens is 2. The Hall–Kier alpha value is -0.780. The zero-order valence-corrected chi connectivity index (χ0v) is 15.6. The summed E-state index contributed by atoms with van der Waals surface area (Å²) >= 11 is 8.18. The molecule has 0 aromatic heterocycles. The van der Waals surface area contributed by atoms with Gasteiger partial charge in [-0.2, -0.15) is 0 Å². The largest absolute Gasteiger partial charge is 0.506 e. The van der Waals surface area contributed by atoms with Crippen molar-refractivity contribution in [1.82, 2.24) is 0 Å². The first kappa shape index (κ1) is 16.6. The normalized spacial score (nSPS) is 10.7. The highest BCUT2D eigenvalue weighted by Crippen LogP contribution is 2.36. The van der Waals surface area contributed by atoms with E-state index in [-0.39, 0.29) is 11.5 Å². The lowest BCUT2D eigenvalue weighted by atomic mass is 10.1. The van der Waals surface area contributed by atoms with Crippen LogP contribution in [0.4, 0.5) is 0 Å². The van der Waals surface area contributed by atoms with E-state index in [1.165, 1.54) is 17.3 Å². The number of ketones is 1. The molecule has 0 saturated carbocycles. The van der Waals surface area contributed by atoms with Crippen molar-refractivity contribution in [3.63, 3.8) is 0 Å². The van der Waals surface area contributed by atoms with E-state index in [1.807, 2.05) is 38.1 Å². The topological polar surface area (TPSA) is 37.3 Å². The van der Waals surface area contributed by atoms with Gasteiger partial charge >= 0.3 is 0 Å². The number of phenolic OH excluding ortho intramolecular Hbond substituents is 1. The summed E-state index contributed by atoms with van der Waals surface area (Å²) in [7, 11) is 0. The number of hydrogen-bond donors (Lipinski definition) is 1. The van der Waals surface area contributed by atoms with Gasteiger partial charge in [0.05, 0.1) is 15.8 Å². The third-order valence-corrected chi connectivity index (χ3v) is 5.92. The van der Waals surface area contributed by atoms with E-state index in [1.54, 1.807) is 6.07 Å². The summed E-state index contributed by atoms with van der Waals surface area (Å²) in [5.41, 5.74) is 2.39. The predicted molar refractivity (Wildman–Crippen MR) is 94.5 cm³/mol. The van der Waals surface area contributed by atoms with Crippen molar-refractivity contribution in [1.29, 1.82) is 0 Å². The number of Topliss-reactive ketones (excluding diaryl/α,β-unsaturated/α-hetero) is 1. The maximum atomic E-state index is 12.3. The van der Waals surface area contributed by atoms with Crippen LogP contribution in [0, 0.1) is 13.8 Å². The van der Waals surface area contributed by atoms with Crippen molar-refractivity contribution in [3.05, 3.63) is 56.0 Å². The number of hydrogen-bond acceptors (Lipinski definition) is 3. The number of carbonyl (C=O) groups excluding carboxylic acids is 1. The lowest BCUT2D eigenvalue weighted by molar-refractivity contribution is 0.102. The summed E-state index contributed by atoms with van der Waals surface area (Å²) in [6.07, 6.45) is 0. The number of carbonyl (C=O) groups is 1. The molecule has 0 heterocycles. The number of phenols is 1. The average molecular weight is 430 g/mol. The van der Waals surface area contributed by atoms with E-state index in [0.717, 1.165) is 14.9 Å². The fourth-order valence-corrected chi connectivity index (χ4v) is 3.68. The summed E-state index contributed by atoms with van der Waals surface area (Å²) in [5.74, 6) is 0.197. The van der Waals surface area contributed by atoms with Crippen molar-refractivity contribution in [2.45, 2.75) is 18.7 Å². The van der Waals surface area contributed by atoms with Crippen LogP contribution >= 0.6 is 43.6 Å². The van der Waals surface area contributed by atoms with Gasteiger partial charge in [-0.25, -0.2) is 0 Å². The summed E-state index contributed by atoms with van der Waals surface area (Å²) in [6, 6.07) is 9.70. The van der Waals surface area contributed by atoms with Crippen molar-refractivity contribution < 1.29 is 9.90 Å². The molecule has 0 aliphatic carbocycles. The summed E-state index contributed by atoms with van der Waals surface area (Å²) in [6.45, 7) is 3.89. The molecule has 0 fully saturated rings. The third-order valence-electron chi connectivity index (χ3n) is 3.11. The molecule has 0 bridgehead atoms. The Labute approximate surface area is 145 Å². The van der Waals surface area contributed by atoms with Gasteiger partial charge in [-0.3, -0.25) is 4.79 Å². The van der Waals surface area contributed by atoms with Crippen molar-refractivity contribution >= 4 is 49.4 Å². The first-order valence-electron chi connectivity index (χ1n) is 6.30.